The summed E-state index contributed by atoms with van der Waals surface area (Å²) < 4.78 is 5.38. The van der Waals surface area contributed by atoms with E-state index in [0.717, 1.165) is 16.9 Å². The smallest absolute Gasteiger partial charge is 0.268 e. The van der Waals surface area contributed by atoms with Gasteiger partial charge in [0.1, 0.15) is 5.76 Å². The molecule has 1 aromatic heterocycles. The Balaban J connectivity index is 1.59. The van der Waals surface area contributed by atoms with Crippen molar-refractivity contribution in [1.29, 1.82) is 0 Å². The lowest BCUT2D eigenvalue weighted by Gasteiger charge is -2.15. The van der Waals surface area contributed by atoms with Crippen LogP contribution in [0, 0.1) is 0 Å². The summed E-state index contributed by atoms with van der Waals surface area (Å²) in [5.41, 5.74) is 2.35. The van der Waals surface area contributed by atoms with Gasteiger partial charge in [0.05, 0.1) is 22.5 Å². The minimum atomic E-state index is -0.228. The van der Waals surface area contributed by atoms with Crippen molar-refractivity contribution in [3.63, 3.8) is 0 Å². The van der Waals surface area contributed by atoms with Crippen LogP contribution in [0.25, 0.3) is 5.57 Å². The molecule has 0 bridgehead atoms. The summed E-state index contributed by atoms with van der Waals surface area (Å²) in [4.78, 5) is 28.0. The van der Waals surface area contributed by atoms with E-state index < -0.39 is 0 Å². The summed E-state index contributed by atoms with van der Waals surface area (Å²) in [5, 5.41) is 0. The highest BCUT2D eigenvalue weighted by atomic mass is 32.2. The van der Waals surface area contributed by atoms with Crippen LogP contribution >= 0.6 is 11.8 Å². The van der Waals surface area contributed by atoms with E-state index in [4.69, 9.17) is 4.42 Å². The highest BCUT2D eigenvalue weighted by molar-refractivity contribution is 8.03. The van der Waals surface area contributed by atoms with Gasteiger partial charge in [0, 0.05) is 6.54 Å². The molecule has 140 valence electrons. The Morgan fingerprint density at radius 3 is 2.21 bits per heavy atom. The standard InChI is InChI=1S/C23H19NO3S/c25-22-20(18-10-5-2-6-11-18)21(28-16-19-12-7-15-27-19)23(26)24(22)14-13-17-8-3-1-4-9-17/h1-12,15H,13-14,16H2. The molecular formula is C23H19NO3S. The SMILES string of the molecule is O=C1C(SCc2ccco2)=C(c2ccccc2)C(=O)N1CCc1ccccc1. The lowest BCUT2D eigenvalue weighted by Crippen LogP contribution is -2.33. The molecule has 3 aromatic rings. The summed E-state index contributed by atoms with van der Waals surface area (Å²) in [6, 6.07) is 22.9. The number of benzene rings is 2. The third kappa shape index (κ3) is 3.80. The Morgan fingerprint density at radius 1 is 0.821 bits per heavy atom. The second-order valence-corrected chi connectivity index (χ2v) is 7.42. The Hall–Kier alpha value is -3.05. The fourth-order valence-corrected chi connectivity index (χ4v) is 4.21. The molecule has 0 unspecified atom stereocenters. The van der Waals surface area contributed by atoms with Gasteiger partial charge in [-0.2, -0.15) is 0 Å². The van der Waals surface area contributed by atoms with Crippen molar-refractivity contribution in [2.24, 2.45) is 0 Å². The Kier molecular flexibility index (Phi) is 5.44. The first-order chi connectivity index (χ1) is 13.7. The van der Waals surface area contributed by atoms with Crippen molar-refractivity contribution < 1.29 is 14.0 Å². The summed E-state index contributed by atoms with van der Waals surface area (Å²) in [7, 11) is 0. The zero-order valence-corrected chi connectivity index (χ0v) is 16.0. The largest absolute Gasteiger partial charge is 0.468 e. The maximum Gasteiger partial charge on any atom is 0.268 e. The number of hydrogen-bond donors (Lipinski definition) is 0. The Labute approximate surface area is 167 Å². The summed E-state index contributed by atoms with van der Waals surface area (Å²) in [5.74, 6) is 0.822. The maximum absolute atomic E-state index is 13.1. The number of furan rings is 1. The molecule has 1 aliphatic rings. The van der Waals surface area contributed by atoms with Gasteiger partial charge in [-0.3, -0.25) is 14.5 Å². The molecule has 0 fully saturated rings. The minimum absolute atomic E-state index is 0.226. The number of rotatable bonds is 7. The molecule has 0 atom stereocenters. The topological polar surface area (TPSA) is 50.5 Å². The van der Waals surface area contributed by atoms with E-state index in [-0.39, 0.29) is 11.8 Å². The van der Waals surface area contributed by atoms with Crippen LogP contribution in [0.5, 0.6) is 0 Å². The average molecular weight is 389 g/mol. The van der Waals surface area contributed by atoms with Crippen molar-refractivity contribution in [2.45, 2.75) is 12.2 Å². The van der Waals surface area contributed by atoms with Crippen molar-refractivity contribution >= 4 is 29.1 Å². The highest BCUT2D eigenvalue weighted by Gasteiger charge is 2.38. The van der Waals surface area contributed by atoms with Gasteiger partial charge in [0.15, 0.2) is 0 Å². The van der Waals surface area contributed by atoms with E-state index in [1.807, 2.05) is 72.8 Å². The highest BCUT2D eigenvalue weighted by Crippen LogP contribution is 2.37. The number of hydrogen-bond acceptors (Lipinski definition) is 4. The Bertz CT molecular complexity index is 995. The molecule has 0 saturated heterocycles. The normalized spacial score (nSPS) is 14.2. The molecule has 0 radical (unpaired) electrons. The second-order valence-electron chi connectivity index (χ2n) is 6.44. The zero-order chi connectivity index (χ0) is 19.3. The first kappa shape index (κ1) is 18.3. The monoisotopic (exact) mass is 389 g/mol. The number of carbonyl (C=O) groups is 2. The number of nitrogens with zero attached hydrogens (tertiary/aromatic N) is 1. The van der Waals surface area contributed by atoms with Crippen molar-refractivity contribution in [2.75, 3.05) is 6.54 Å². The van der Waals surface area contributed by atoms with Gasteiger partial charge in [-0.1, -0.05) is 60.7 Å². The molecule has 1 aliphatic heterocycles. The molecule has 2 aromatic carbocycles. The van der Waals surface area contributed by atoms with Gasteiger partial charge >= 0.3 is 0 Å². The molecule has 0 spiro atoms. The van der Waals surface area contributed by atoms with Gasteiger partial charge in [0.25, 0.3) is 11.8 Å². The van der Waals surface area contributed by atoms with Crippen LogP contribution in [-0.2, 0) is 21.8 Å². The van der Waals surface area contributed by atoms with Crippen LogP contribution in [0.1, 0.15) is 16.9 Å². The van der Waals surface area contributed by atoms with Gasteiger partial charge in [-0.25, -0.2) is 0 Å². The molecule has 4 nitrogen and oxygen atoms in total. The summed E-state index contributed by atoms with van der Waals surface area (Å²) >= 11 is 1.36. The fourth-order valence-electron chi connectivity index (χ4n) is 3.17. The number of thioether (sulfide) groups is 1. The van der Waals surface area contributed by atoms with Crippen LogP contribution < -0.4 is 0 Å². The number of carbonyl (C=O) groups excluding carboxylic acids is 2. The second kappa shape index (κ2) is 8.31. The molecule has 0 saturated carbocycles. The van der Waals surface area contributed by atoms with Crippen LogP contribution in [0.2, 0.25) is 0 Å². The molecular weight excluding hydrogens is 370 g/mol. The molecule has 2 amide bonds. The summed E-state index contributed by atoms with van der Waals surface area (Å²) in [6.45, 7) is 0.364. The van der Waals surface area contributed by atoms with Gasteiger partial charge < -0.3 is 4.42 Å². The van der Waals surface area contributed by atoms with Gasteiger partial charge in [-0.05, 0) is 29.7 Å². The third-order valence-electron chi connectivity index (χ3n) is 4.59. The quantitative estimate of drug-likeness (QED) is 0.557. The fraction of sp³-hybridized carbons (Fsp3) is 0.130. The lowest BCUT2D eigenvalue weighted by molar-refractivity contribution is -0.136. The zero-order valence-electron chi connectivity index (χ0n) is 15.2. The van der Waals surface area contributed by atoms with Crippen molar-refractivity contribution in [3.05, 3.63) is 101 Å². The first-order valence-corrected chi connectivity index (χ1v) is 10.1. The number of imide groups is 1. The van der Waals surface area contributed by atoms with Crippen LogP contribution in [0.15, 0.2) is 88.4 Å². The summed E-state index contributed by atoms with van der Waals surface area (Å²) in [6.07, 6.45) is 2.24. The molecule has 2 heterocycles. The van der Waals surface area contributed by atoms with E-state index in [1.165, 1.54) is 16.7 Å². The van der Waals surface area contributed by atoms with E-state index in [9.17, 15) is 9.59 Å². The molecule has 0 aliphatic carbocycles. The van der Waals surface area contributed by atoms with Crippen molar-refractivity contribution in [3.8, 4) is 0 Å². The van der Waals surface area contributed by atoms with Gasteiger partial charge in [0.2, 0.25) is 0 Å². The Morgan fingerprint density at radius 2 is 1.54 bits per heavy atom. The van der Waals surface area contributed by atoms with E-state index in [2.05, 4.69) is 0 Å². The molecule has 4 rings (SSSR count). The van der Waals surface area contributed by atoms with Gasteiger partial charge in [-0.15, -0.1) is 11.8 Å². The first-order valence-electron chi connectivity index (χ1n) is 9.09. The van der Waals surface area contributed by atoms with Crippen LogP contribution in [0.3, 0.4) is 0 Å². The average Bonchev–Trinajstić information content (AvgIpc) is 3.33. The predicted octanol–water partition coefficient (Wildman–Crippen LogP) is 4.54. The molecule has 28 heavy (non-hydrogen) atoms. The number of amides is 2. The third-order valence-corrected chi connectivity index (χ3v) is 5.69. The predicted molar refractivity (Wildman–Crippen MR) is 110 cm³/mol. The molecule has 5 heteroatoms. The van der Waals surface area contributed by atoms with E-state index >= 15 is 0 Å². The van der Waals surface area contributed by atoms with Crippen LogP contribution in [-0.4, -0.2) is 23.3 Å². The molecule has 0 N–H and O–H groups in total. The maximum atomic E-state index is 13.1. The lowest BCUT2D eigenvalue weighted by atomic mass is 10.1. The van der Waals surface area contributed by atoms with Crippen molar-refractivity contribution in [1.82, 2.24) is 4.90 Å². The minimum Gasteiger partial charge on any atom is -0.468 e. The van der Waals surface area contributed by atoms with E-state index in [1.54, 1.807) is 6.26 Å². The van der Waals surface area contributed by atoms with E-state index in [0.29, 0.717) is 29.2 Å². The van der Waals surface area contributed by atoms with Crippen LogP contribution in [0.4, 0.5) is 0 Å².